The topological polar surface area (TPSA) is 30.0 Å². The molecule has 5 heteroatoms. The summed E-state index contributed by atoms with van der Waals surface area (Å²) in [7, 11) is 8.41. The minimum atomic E-state index is 0.0103. The van der Waals surface area contributed by atoms with Gasteiger partial charge in [-0.15, -0.1) is 0 Å². The van der Waals surface area contributed by atoms with Crippen LogP contribution in [0.4, 0.5) is 0 Å². The van der Waals surface area contributed by atoms with Gasteiger partial charge in [-0.05, 0) is 85.2 Å². The predicted molar refractivity (Wildman–Crippen MR) is 95.9 cm³/mol. The smallest absolute Gasteiger partial charge is 0.241 e. The number of nitrogens with zero attached hydrogens (tertiary/aromatic N) is 4. The molecule has 6 unspecified atom stereocenters. The van der Waals surface area contributed by atoms with Crippen molar-refractivity contribution in [3.05, 3.63) is 0 Å². The Morgan fingerprint density at radius 2 is 1.71 bits per heavy atom. The lowest BCUT2D eigenvalue weighted by atomic mass is 9.67. The van der Waals surface area contributed by atoms with Crippen molar-refractivity contribution in [2.75, 3.05) is 47.8 Å². The van der Waals surface area contributed by atoms with E-state index in [1.165, 1.54) is 38.8 Å². The first-order chi connectivity index (χ1) is 11.5. The second-order valence-electron chi connectivity index (χ2n) is 8.97. The van der Waals surface area contributed by atoms with Crippen LogP contribution in [-0.4, -0.2) is 97.5 Å². The van der Waals surface area contributed by atoms with Gasteiger partial charge in [0.1, 0.15) is 6.04 Å². The van der Waals surface area contributed by atoms with Crippen LogP contribution < -0.4 is 0 Å². The number of rotatable bonds is 2. The molecule has 4 heterocycles. The fourth-order valence-electron chi connectivity index (χ4n) is 6.32. The first-order valence-corrected chi connectivity index (χ1v) is 9.86. The normalized spacial score (nSPS) is 43.1. The van der Waals surface area contributed by atoms with Gasteiger partial charge in [0.15, 0.2) is 0 Å². The van der Waals surface area contributed by atoms with Crippen LogP contribution in [0.25, 0.3) is 0 Å². The SMILES string of the molecule is CN(C)C1CC2C3CCCN4CCCC(CN2C(=O)C1N(C)C)C34. The Morgan fingerprint density at radius 1 is 1.00 bits per heavy atom. The third-order valence-electron chi connectivity index (χ3n) is 7.28. The number of amides is 1. The van der Waals surface area contributed by atoms with Crippen molar-refractivity contribution in [1.82, 2.24) is 19.6 Å². The van der Waals surface area contributed by atoms with E-state index in [1.54, 1.807) is 0 Å². The number of hydrogen-bond acceptors (Lipinski definition) is 4. The van der Waals surface area contributed by atoms with Crippen molar-refractivity contribution in [1.29, 1.82) is 0 Å². The molecule has 4 rings (SSSR count). The quantitative estimate of drug-likeness (QED) is 0.752. The molecule has 0 saturated carbocycles. The Morgan fingerprint density at radius 3 is 2.38 bits per heavy atom. The highest BCUT2D eigenvalue weighted by Crippen LogP contribution is 2.45. The third kappa shape index (κ3) is 2.51. The molecule has 0 radical (unpaired) electrons. The molecule has 1 amide bonds. The highest BCUT2D eigenvalue weighted by Gasteiger charge is 2.54. The number of likely N-dealkylation sites (N-methyl/N-ethyl adjacent to an activating group) is 2. The zero-order valence-electron chi connectivity index (χ0n) is 15.8. The van der Waals surface area contributed by atoms with Crippen molar-refractivity contribution >= 4 is 5.91 Å². The van der Waals surface area contributed by atoms with Crippen LogP contribution >= 0.6 is 0 Å². The summed E-state index contributed by atoms with van der Waals surface area (Å²) in [5.74, 6) is 1.80. The fraction of sp³-hybridized carbons (Fsp3) is 0.947. The molecule has 4 aliphatic heterocycles. The Bertz CT molecular complexity index is 492. The lowest BCUT2D eigenvalue weighted by Crippen LogP contribution is -2.72. The summed E-state index contributed by atoms with van der Waals surface area (Å²) in [5, 5.41) is 0. The van der Waals surface area contributed by atoms with E-state index in [-0.39, 0.29) is 6.04 Å². The van der Waals surface area contributed by atoms with Gasteiger partial charge in [-0.1, -0.05) is 0 Å². The second-order valence-corrected chi connectivity index (χ2v) is 8.97. The van der Waals surface area contributed by atoms with Gasteiger partial charge in [-0.3, -0.25) is 14.6 Å². The van der Waals surface area contributed by atoms with Crippen molar-refractivity contribution in [3.8, 4) is 0 Å². The summed E-state index contributed by atoms with van der Waals surface area (Å²) in [4.78, 5) is 22.9. The highest BCUT2D eigenvalue weighted by molar-refractivity contribution is 5.84. The molecule has 0 aliphatic carbocycles. The van der Waals surface area contributed by atoms with E-state index in [9.17, 15) is 4.79 Å². The predicted octanol–water partition coefficient (Wildman–Crippen LogP) is 0.952. The molecule has 4 saturated heterocycles. The van der Waals surface area contributed by atoms with Gasteiger partial charge in [0.05, 0.1) is 0 Å². The van der Waals surface area contributed by atoms with Gasteiger partial charge < -0.3 is 9.80 Å². The second kappa shape index (κ2) is 6.26. The molecule has 0 aromatic heterocycles. The van der Waals surface area contributed by atoms with Crippen LogP contribution in [0.1, 0.15) is 32.1 Å². The van der Waals surface area contributed by atoms with Gasteiger partial charge in [0.2, 0.25) is 5.91 Å². The highest BCUT2D eigenvalue weighted by atomic mass is 16.2. The number of hydrogen-bond donors (Lipinski definition) is 0. The molecule has 0 aromatic carbocycles. The van der Waals surface area contributed by atoms with Crippen molar-refractivity contribution < 1.29 is 4.79 Å². The Labute approximate surface area is 146 Å². The summed E-state index contributed by atoms with van der Waals surface area (Å²) in [6.45, 7) is 3.58. The van der Waals surface area contributed by atoms with Crippen molar-refractivity contribution in [2.45, 2.75) is 56.3 Å². The van der Waals surface area contributed by atoms with E-state index < -0.39 is 0 Å². The average molecular weight is 335 g/mol. The zero-order valence-corrected chi connectivity index (χ0v) is 15.8. The maximum Gasteiger partial charge on any atom is 0.241 e. The molecular formula is C19H34N4O. The van der Waals surface area contributed by atoms with Gasteiger partial charge in [-0.25, -0.2) is 0 Å². The lowest BCUT2D eigenvalue weighted by molar-refractivity contribution is -0.162. The standard InChI is InChI=1S/C19H34N4O/c1-20(2)16-11-15-14-8-6-10-22-9-5-7-13(17(14)22)12-23(15)19(24)18(16)21(3)4/h13-18H,5-12H2,1-4H3. The van der Waals surface area contributed by atoms with E-state index in [1.807, 2.05) is 0 Å². The van der Waals surface area contributed by atoms with E-state index in [0.29, 0.717) is 29.8 Å². The molecule has 0 spiro atoms. The molecule has 0 N–H and O–H groups in total. The van der Waals surface area contributed by atoms with Crippen molar-refractivity contribution in [2.24, 2.45) is 11.8 Å². The number of carbonyl (C=O) groups excluding carboxylic acids is 1. The third-order valence-corrected chi connectivity index (χ3v) is 7.28. The van der Waals surface area contributed by atoms with Gasteiger partial charge >= 0.3 is 0 Å². The Kier molecular flexibility index (Phi) is 4.38. The average Bonchev–Trinajstić information content (AvgIpc) is 2.55. The summed E-state index contributed by atoms with van der Waals surface area (Å²) in [6, 6.07) is 1.56. The van der Waals surface area contributed by atoms with Gasteiger partial charge in [-0.2, -0.15) is 0 Å². The number of piperidine rings is 4. The van der Waals surface area contributed by atoms with Crippen LogP contribution in [0.15, 0.2) is 0 Å². The van der Waals surface area contributed by atoms with Crippen LogP contribution in [0, 0.1) is 11.8 Å². The molecule has 5 nitrogen and oxygen atoms in total. The van der Waals surface area contributed by atoms with E-state index in [2.05, 4.69) is 47.8 Å². The summed E-state index contributed by atoms with van der Waals surface area (Å²) in [5.41, 5.74) is 0. The van der Waals surface area contributed by atoms with Gasteiger partial charge in [0.25, 0.3) is 0 Å². The minimum absolute atomic E-state index is 0.0103. The van der Waals surface area contributed by atoms with E-state index in [4.69, 9.17) is 0 Å². The van der Waals surface area contributed by atoms with Crippen LogP contribution in [0.2, 0.25) is 0 Å². The number of fused-ring (bicyclic) bond motifs is 2. The monoisotopic (exact) mass is 334 g/mol. The molecule has 0 aromatic rings. The summed E-state index contributed by atoms with van der Waals surface area (Å²) < 4.78 is 0. The maximum atomic E-state index is 13.4. The van der Waals surface area contributed by atoms with Crippen LogP contribution in [-0.2, 0) is 4.79 Å². The minimum Gasteiger partial charge on any atom is -0.338 e. The van der Waals surface area contributed by atoms with Crippen molar-refractivity contribution in [3.63, 3.8) is 0 Å². The molecule has 4 aliphatic rings. The van der Waals surface area contributed by atoms with Gasteiger partial charge in [0, 0.05) is 24.7 Å². The summed E-state index contributed by atoms with van der Waals surface area (Å²) >= 11 is 0. The largest absolute Gasteiger partial charge is 0.338 e. The molecule has 24 heavy (non-hydrogen) atoms. The molecule has 0 bridgehead atoms. The van der Waals surface area contributed by atoms with Crippen LogP contribution in [0.3, 0.4) is 0 Å². The molecular weight excluding hydrogens is 300 g/mol. The summed E-state index contributed by atoms with van der Waals surface area (Å²) in [6.07, 6.45) is 6.41. The molecule has 6 atom stereocenters. The zero-order chi connectivity index (χ0) is 17.0. The fourth-order valence-corrected chi connectivity index (χ4v) is 6.32. The first-order valence-electron chi connectivity index (χ1n) is 9.86. The molecule has 4 fully saturated rings. The molecule has 136 valence electrons. The Hall–Kier alpha value is -0.650. The number of carbonyl (C=O) groups is 1. The van der Waals surface area contributed by atoms with Crippen LogP contribution in [0.5, 0.6) is 0 Å². The van der Waals surface area contributed by atoms with E-state index >= 15 is 0 Å². The first kappa shape index (κ1) is 16.8. The Balaban J connectivity index is 1.66. The van der Waals surface area contributed by atoms with E-state index in [0.717, 1.165) is 19.0 Å². The maximum absolute atomic E-state index is 13.4. The lowest BCUT2D eigenvalue weighted by Gasteiger charge is -2.60.